The second kappa shape index (κ2) is 13.9. The van der Waals surface area contributed by atoms with E-state index >= 15 is 0 Å². The van der Waals surface area contributed by atoms with E-state index in [0.29, 0.717) is 6.61 Å². The van der Waals surface area contributed by atoms with Crippen molar-refractivity contribution < 1.29 is 9.84 Å². The average molecular weight is 245 g/mol. The van der Waals surface area contributed by atoms with Gasteiger partial charge in [0.1, 0.15) is 0 Å². The number of nitrogens with zero attached hydrogens (tertiary/aromatic N) is 1. The molecular weight excluding hydrogens is 214 g/mol. The van der Waals surface area contributed by atoms with E-state index in [1.165, 1.54) is 51.6 Å². The van der Waals surface area contributed by atoms with Gasteiger partial charge >= 0.3 is 0 Å². The number of likely N-dealkylation sites (tertiary alicyclic amines) is 1. The van der Waals surface area contributed by atoms with Gasteiger partial charge in [0.15, 0.2) is 0 Å². The fourth-order valence-electron chi connectivity index (χ4n) is 1.72. The maximum absolute atomic E-state index is 8.51. The van der Waals surface area contributed by atoms with E-state index in [9.17, 15) is 0 Å². The summed E-state index contributed by atoms with van der Waals surface area (Å²) in [5, 5.41) is 8.51. The standard InChI is InChI=1S/C10H21NO2.C4H10/c12-8-10-13-9-7-11-5-3-1-2-4-6-11;1-3-4-2/h12H,1-10H2;3-4H2,1-2H3. The predicted molar refractivity (Wildman–Crippen MR) is 73.4 cm³/mol. The van der Waals surface area contributed by atoms with E-state index in [0.717, 1.165) is 13.2 Å². The van der Waals surface area contributed by atoms with Crippen LogP contribution in [0.25, 0.3) is 0 Å². The number of aliphatic hydroxyl groups excluding tert-OH is 1. The zero-order valence-corrected chi connectivity index (χ0v) is 11.8. The molecule has 0 saturated carbocycles. The third-order valence-electron chi connectivity index (χ3n) is 2.99. The first kappa shape index (κ1) is 16.9. The van der Waals surface area contributed by atoms with Crippen LogP contribution in [0.15, 0.2) is 0 Å². The van der Waals surface area contributed by atoms with Crippen molar-refractivity contribution >= 4 is 0 Å². The average Bonchev–Trinajstić information content (AvgIpc) is 2.63. The molecule has 0 aliphatic carbocycles. The topological polar surface area (TPSA) is 32.7 Å². The number of hydrogen-bond acceptors (Lipinski definition) is 3. The van der Waals surface area contributed by atoms with Crippen molar-refractivity contribution in [2.24, 2.45) is 0 Å². The molecule has 1 aliphatic rings. The summed E-state index contributed by atoms with van der Waals surface area (Å²) < 4.78 is 5.23. The van der Waals surface area contributed by atoms with Gasteiger partial charge in [-0.25, -0.2) is 0 Å². The van der Waals surface area contributed by atoms with Gasteiger partial charge in [-0.3, -0.25) is 0 Å². The summed E-state index contributed by atoms with van der Waals surface area (Å²) in [5.74, 6) is 0. The first-order valence-electron chi connectivity index (χ1n) is 7.26. The molecule has 1 heterocycles. The Balaban J connectivity index is 0.000000557. The maximum Gasteiger partial charge on any atom is 0.0698 e. The lowest BCUT2D eigenvalue weighted by Gasteiger charge is -2.19. The van der Waals surface area contributed by atoms with E-state index in [4.69, 9.17) is 9.84 Å². The normalized spacial score (nSPS) is 17.1. The number of hydrogen-bond donors (Lipinski definition) is 1. The lowest BCUT2D eigenvalue weighted by Crippen LogP contribution is -2.28. The third-order valence-corrected chi connectivity index (χ3v) is 2.99. The number of aliphatic hydroxyl groups is 1. The van der Waals surface area contributed by atoms with E-state index in [1.807, 2.05) is 0 Å². The van der Waals surface area contributed by atoms with Crippen LogP contribution < -0.4 is 0 Å². The van der Waals surface area contributed by atoms with Gasteiger partial charge in [-0.15, -0.1) is 0 Å². The van der Waals surface area contributed by atoms with Crippen molar-refractivity contribution in [2.45, 2.75) is 52.4 Å². The molecule has 17 heavy (non-hydrogen) atoms. The van der Waals surface area contributed by atoms with Gasteiger partial charge < -0.3 is 14.7 Å². The van der Waals surface area contributed by atoms with Crippen molar-refractivity contribution in [3.63, 3.8) is 0 Å². The summed E-state index contributed by atoms with van der Waals surface area (Å²) in [6, 6.07) is 0. The highest BCUT2D eigenvalue weighted by Crippen LogP contribution is 2.08. The highest BCUT2D eigenvalue weighted by Gasteiger charge is 2.07. The minimum atomic E-state index is 0.139. The van der Waals surface area contributed by atoms with Crippen LogP contribution in [-0.4, -0.2) is 49.5 Å². The van der Waals surface area contributed by atoms with Crippen molar-refractivity contribution in [1.29, 1.82) is 0 Å². The van der Waals surface area contributed by atoms with Crippen LogP contribution in [0.3, 0.4) is 0 Å². The first-order valence-corrected chi connectivity index (χ1v) is 7.26. The Morgan fingerprint density at radius 1 is 0.941 bits per heavy atom. The van der Waals surface area contributed by atoms with Crippen LogP contribution in [0, 0.1) is 0 Å². The molecule has 0 amide bonds. The van der Waals surface area contributed by atoms with Gasteiger partial charge in [0.05, 0.1) is 19.8 Å². The molecule has 104 valence electrons. The van der Waals surface area contributed by atoms with Gasteiger partial charge in [-0.1, -0.05) is 39.5 Å². The lowest BCUT2D eigenvalue weighted by atomic mass is 10.2. The zero-order chi connectivity index (χ0) is 12.8. The van der Waals surface area contributed by atoms with E-state index in [1.54, 1.807) is 0 Å². The largest absolute Gasteiger partial charge is 0.394 e. The van der Waals surface area contributed by atoms with Crippen LogP contribution in [0.4, 0.5) is 0 Å². The molecule has 0 aromatic heterocycles. The number of unbranched alkanes of at least 4 members (excludes halogenated alkanes) is 1. The Labute approximate surface area is 107 Å². The van der Waals surface area contributed by atoms with E-state index in [2.05, 4.69) is 18.7 Å². The quantitative estimate of drug-likeness (QED) is 0.730. The van der Waals surface area contributed by atoms with Gasteiger partial charge in [-0.2, -0.15) is 0 Å². The molecule has 1 rings (SSSR count). The van der Waals surface area contributed by atoms with Gasteiger partial charge in [0, 0.05) is 6.54 Å². The highest BCUT2D eigenvalue weighted by atomic mass is 16.5. The molecule has 0 radical (unpaired) electrons. The SMILES string of the molecule is CCCC.OCCOCCN1CCCCCC1. The molecular formula is C14H31NO2. The predicted octanol–water partition coefficient (Wildman–Crippen LogP) is 2.68. The molecule has 1 N–H and O–H groups in total. The molecule has 1 saturated heterocycles. The summed E-state index contributed by atoms with van der Waals surface area (Å²) in [6.07, 6.45) is 8.07. The summed E-state index contributed by atoms with van der Waals surface area (Å²) >= 11 is 0. The van der Waals surface area contributed by atoms with Gasteiger partial charge in [0.25, 0.3) is 0 Å². The smallest absolute Gasteiger partial charge is 0.0698 e. The highest BCUT2D eigenvalue weighted by molar-refractivity contribution is 4.62. The second-order valence-corrected chi connectivity index (χ2v) is 4.59. The molecule has 0 aromatic carbocycles. The van der Waals surface area contributed by atoms with E-state index in [-0.39, 0.29) is 6.61 Å². The summed E-state index contributed by atoms with van der Waals surface area (Å²) in [7, 11) is 0. The van der Waals surface area contributed by atoms with Crippen molar-refractivity contribution in [1.82, 2.24) is 4.90 Å². The molecule has 0 atom stereocenters. The Morgan fingerprint density at radius 2 is 1.53 bits per heavy atom. The van der Waals surface area contributed by atoms with Crippen LogP contribution in [-0.2, 0) is 4.74 Å². The molecule has 1 aliphatic heterocycles. The monoisotopic (exact) mass is 245 g/mol. The molecule has 0 spiro atoms. The van der Waals surface area contributed by atoms with E-state index < -0.39 is 0 Å². The maximum atomic E-state index is 8.51. The van der Waals surface area contributed by atoms with Crippen molar-refractivity contribution in [3.8, 4) is 0 Å². The summed E-state index contributed by atoms with van der Waals surface area (Å²) in [4.78, 5) is 2.46. The Morgan fingerprint density at radius 3 is 2.00 bits per heavy atom. The summed E-state index contributed by atoms with van der Waals surface area (Å²) in [6.45, 7) is 9.22. The van der Waals surface area contributed by atoms with Gasteiger partial charge in [-0.05, 0) is 25.9 Å². The fraction of sp³-hybridized carbons (Fsp3) is 1.00. The molecule has 0 aromatic rings. The Bertz CT molecular complexity index is 132. The van der Waals surface area contributed by atoms with Crippen LogP contribution in [0.2, 0.25) is 0 Å². The molecule has 1 fully saturated rings. The molecule has 3 nitrogen and oxygen atoms in total. The van der Waals surface area contributed by atoms with Crippen LogP contribution in [0.1, 0.15) is 52.4 Å². The van der Waals surface area contributed by atoms with Crippen molar-refractivity contribution in [3.05, 3.63) is 0 Å². The second-order valence-electron chi connectivity index (χ2n) is 4.59. The zero-order valence-electron chi connectivity index (χ0n) is 11.8. The lowest BCUT2D eigenvalue weighted by molar-refractivity contribution is 0.0743. The minimum absolute atomic E-state index is 0.139. The molecule has 0 bridgehead atoms. The summed E-state index contributed by atoms with van der Waals surface area (Å²) in [5.41, 5.74) is 0. The van der Waals surface area contributed by atoms with Gasteiger partial charge in [0.2, 0.25) is 0 Å². The third kappa shape index (κ3) is 12.1. The van der Waals surface area contributed by atoms with Crippen LogP contribution >= 0.6 is 0 Å². The molecule has 3 heteroatoms. The van der Waals surface area contributed by atoms with Crippen molar-refractivity contribution in [2.75, 3.05) is 39.5 Å². The van der Waals surface area contributed by atoms with Crippen LogP contribution in [0.5, 0.6) is 0 Å². The molecule has 0 unspecified atom stereocenters. The Hall–Kier alpha value is -0.120. The first-order chi connectivity index (χ1) is 8.35. The Kier molecular flexibility index (Phi) is 13.8. The number of rotatable bonds is 6. The number of ether oxygens (including phenoxy) is 1. The fourth-order valence-corrected chi connectivity index (χ4v) is 1.72. The minimum Gasteiger partial charge on any atom is -0.394 e.